The topological polar surface area (TPSA) is 74.8 Å². The van der Waals surface area contributed by atoms with Gasteiger partial charge in [0.1, 0.15) is 5.75 Å². The van der Waals surface area contributed by atoms with Crippen LogP contribution in [0.5, 0.6) is 5.75 Å². The third-order valence-corrected chi connectivity index (χ3v) is 5.46. The Morgan fingerprint density at radius 2 is 1.97 bits per heavy atom. The van der Waals surface area contributed by atoms with Crippen molar-refractivity contribution in [3.8, 4) is 5.75 Å². The third kappa shape index (κ3) is 7.77. The molecule has 1 fully saturated rings. The van der Waals surface area contributed by atoms with E-state index >= 15 is 0 Å². The molecule has 3 N–H and O–H groups in total. The number of hydrogen-bond donors (Lipinski definition) is 3. The molecule has 156 valence electrons. The third-order valence-electron chi connectivity index (χ3n) is 4.48. The monoisotopic (exact) mass is 414 g/mol. The van der Waals surface area contributed by atoms with E-state index in [2.05, 4.69) is 46.9 Å². The van der Waals surface area contributed by atoms with Crippen molar-refractivity contribution < 1.29 is 9.53 Å². The van der Waals surface area contributed by atoms with E-state index in [4.69, 9.17) is 4.74 Å². The van der Waals surface area contributed by atoms with Gasteiger partial charge in [-0.15, -0.1) is 11.3 Å². The van der Waals surface area contributed by atoms with Gasteiger partial charge in [-0.25, -0.2) is 4.99 Å². The number of nitrogens with zero attached hydrogens (tertiary/aromatic N) is 1. The molecule has 1 aliphatic carbocycles. The summed E-state index contributed by atoms with van der Waals surface area (Å²) in [5, 5.41) is 9.59. The maximum atomic E-state index is 11.7. The zero-order valence-corrected chi connectivity index (χ0v) is 18.0. The Balaban J connectivity index is 1.40. The Morgan fingerprint density at radius 1 is 1.17 bits per heavy atom. The van der Waals surface area contributed by atoms with Gasteiger partial charge in [0.15, 0.2) is 12.6 Å². The van der Waals surface area contributed by atoms with Crippen LogP contribution in [-0.4, -0.2) is 37.6 Å². The Morgan fingerprint density at radius 3 is 2.62 bits per heavy atom. The van der Waals surface area contributed by atoms with Crippen LogP contribution in [0.2, 0.25) is 0 Å². The highest BCUT2D eigenvalue weighted by Gasteiger charge is 2.23. The lowest BCUT2D eigenvalue weighted by atomic mass is 10.1. The molecule has 0 unspecified atom stereocenters. The van der Waals surface area contributed by atoms with Crippen LogP contribution in [0.4, 0.5) is 0 Å². The quantitative estimate of drug-likeness (QED) is 0.413. The van der Waals surface area contributed by atoms with Crippen LogP contribution in [0.15, 0.2) is 41.4 Å². The van der Waals surface area contributed by atoms with Gasteiger partial charge in [-0.3, -0.25) is 4.79 Å². The number of amides is 1. The van der Waals surface area contributed by atoms with Gasteiger partial charge in [-0.1, -0.05) is 12.1 Å². The summed E-state index contributed by atoms with van der Waals surface area (Å²) in [5.41, 5.74) is 1.21. The molecule has 0 spiro atoms. The van der Waals surface area contributed by atoms with Gasteiger partial charge in [-0.05, 0) is 62.9 Å². The predicted octanol–water partition coefficient (Wildman–Crippen LogP) is 3.01. The molecular formula is C22H30N4O2S. The van der Waals surface area contributed by atoms with Gasteiger partial charge in [0.05, 0.1) is 6.54 Å². The number of aliphatic imine (C=N–C) groups is 1. The average Bonchev–Trinajstić information content (AvgIpc) is 3.43. The van der Waals surface area contributed by atoms with E-state index in [-0.39, 0.29) is 12.5 Å². The van der Waals surface area contributed by atoms with E-state index < -0.39 is 0 Å². The van der Waals surface area contributed by atoms with Crippen molar-refractivity contribution in [1.82, 2.24) is 16.0 Å². The molecule has 2 aromatic rings. The number of nitrogens with one attached hydrogen (secondary N) is 3. The molecule has 0 saturated heterocycles. The summed E-state index contributed by atoms with van der Waals surface area (Å²) in [6.45, 7) is 6.56. The number of rotatable bonds is 10. The molecule has 0 atom stereocenters. The predicted molar refractivity (Wildman–Crippen MR) is 119 cm³/mol. The first kappa shape index (κ1) is 21.2. The molecule has 1 aromatic carbocycles. The lowest BCUT2D eigenvalue weighted by molar-refractivity contribution is -0.123. The highest BCUT2D eigenvalue weighted by Crippen LogP contribution is 2.18. The first-order chi connectivity index (χ1) is 14.1. The van der Waals surface area contributed by atoms with Crippen LogP contribution in [0.1, 0.15) is 35.1 Å². The van der Waals surface area contributed by atoms with E-state index in [1.165, 1.54) is 15.3 Å². The van der Waals surface area contributed by atoms with Gasteiger partial charge in [0.25, 0.3) is 5.91 Å². The second-order valence-electron chi connectivity index (χ2n) is 7.16. The molecule has 29 heavy (non-hydrogen) atoms. The zero-order chi connectivity index (χ0) is 20.5. The summed E-state index contributed by atoms with van der Waals surface area (Å²) in [6.07, 6.45) is 3.05. The van der Waals surface area contributed by atoms with Gasteiger partial charge in [-0.2, -0.15) is 0 Å². The fraction of sp³-hybridized carbons (Fsp3) is 0.455. The Bertz CT molecular complexity index is 812. The van der Waals surface area contributed by atoms with Gasteiger partial charge in [0.2, 0.25) is 0 Å². The van der Waals surface area contributed by atoms with Crippen LogP contribution in [0, 0.1) is 6.92 Å². The molecule has 1 aliphatic rings. The number of hydrogen-bond acceptors (Lipinski definition) is 4. The Hall–Kier alpha value is -2.54. The Labute approximate surface area is 176 Å². The smallest absolute Gasteiger partial charge is 0.258 e. The van der Waals surface area contributed by atoms with Crippen LogP contribution < -0.4 is 20.7 Å². The number of benzene rings is 1. The summed E-state index contributed by atoms with van der Waals surface area (Å²) >= 11 is 1.78. The van der Waals surface area contributed by atoms with Crippen molar-refractivity contribution in [2.75, 3.05) is 19.7 Å². The zero-order valence-electron chi connectivity index (χ0n) is 17.2. The van der Waals surface area contributed by atoms with Gasteiger partial charge in [0, 0.05) is 28.9 Å². The second kappa shape index (κ2) is 10.9. The lowest BCUT2D eigenvalue weighted by Gasteiger charge is -2.11. The van der Waals surface area contributed by atoms with Crippen LogP contribution in [0.3, 0.4) is 0 Å². The van der Waals surface area contributed by atoms with Crippen molar-refractivity contribution in [1.29, 1.82) is 0 Å². The van der Waals surface area contributed by atoms with Crippen molar-refractivity contribution >= 4 is 23.2 Å². The number of carbonyl (C=O) groups excluding carboxylic acids is 1. The standard InChI is InChI=1S/C22H30N4O2S/c1-3-23-22(25-14-20-11-4-16(2)29-20)24-13-12-17-5-9-19(10-6-17)28-15-21(27)26-18-7-8-18/h4-6,9-11,18H,3,7-8,12-15H2,1-2H3,(H,26,27)(H2,23,24,25). The SMILES string of the molecule is CCNC(=NCc1ccc(C)s1)NCCc1ccc(OCC(=O)NC2CC2)cc1. The molecule has 1 saturated carbocycles. The first-order valence-electron chi connectivity index (χ1n) is 10.2. The number of ether oxygens (including phenoxy) is 1. The number of guanidine groups is 1. The maximum Gasteiger partial charge on any atom is 0.258 e. The minimum absolute atomic E-state index is 0.0475. The fourth-order valence-electron chi connectivity index (χ4n) is 2.79. The summed E-state index contributed by atoms with van der Waals surface area (Å²) in [7, 11) is 0. The molecule has 0 bridgehead atoms. The summed E-state index contributed by atoms with van der Waals surface area (Å²) in [6, 6.07) is 12.5. The van der Waals surface area contributed by atoms with E-state index in [1.54, 1.807) is 11.3 Å². The van der Waals surface area contributed by atoms with Crippen molar-refractivity contribution in [3.63, 3.8) is 0 Å². The molecule has 1 heterocycles. The lowest BCUT2D eigenvalue weighted by Crippen LogP contribution is -2.38. The number of aryl methyl sites for hydroxylation is 1. The molecule has 1 amide bonds. The van der Waals surface area contributed by atoms with Gasteiger partial charge < -0.3 is 20.7 Å². The van der Waals surface area contributed by atoms with Crippen LogP contribution in [-0.2, 0) is 17.8 Å². The average molecular weight is 415 g/mol. The largest absolute Gasteiger partial charge is 0.484 e. The highest BCUT2D eigenvalue weighted by molar-refractivity contribution is 7.11. The molecular weight excluding hydrogens is 384 g/mol. The molecule has 1 aromatic heterocycles. The molecule has 0 radical (unpaired) electrons. The fourth-order valence-corrected chi connectivity index (χ4v) is 3.61. The highest BCUT2D eigenvalue weighted by atomic mass is 32.1. The van der Waals surface area contributed by atoms with Crippen molar-refractivity contribution in [2.24, 2.45) is 4.99 Å². The molecule has 0 aliphatic heterocycles. The van der Waals surface area contributed by atoms with E-state index in [0.717, 1.165) is 38.3 Å². The van der Waals surface area contributed by atoms with E-state index in [9.17, 15) is 4.79 Å². The number of thiophene rings is 1. The van der Waals surface area contributed by atoms with Crippen LogP contribution in [0.25, 0.3) is 0 Å². The first-order valence-corrected chi connectivity index (χ1v) is 11.0. The summed E-state index contributed by atoms with van der Waals surface area (Å²) in [4.78, 5) is 18.9. The van der Waals surface area contributed by atoms with E-state index in [0.29, 0.717) is 18.3 Å². The Kier molecular flexibility index (Phi) is 7.93. The normalized spacial score (nSPS) is 13.8. The summed E-state index contributed by atoms with van der Waals surface area (Å²) in [5.74, 6) is 1.50. The molecule has 6 nitrogen and oxygen atoms in total. The maximum absolute atomic E-state index is 11.7. The molecule has 7 heteroatoms. The summed E-state index contributed by atoms with van der Waals surface area (Å²) < 4.78 is 5.55. The second-order valence-corrected chi connectivity index (χ2v) is 8.53. The minimum Gasteiger partial charge on any atom is -0.484 e. The van der Waals surface area contributed by atoms with E-state index in [1.807, 2.05) is 24.3 Å². The molecule has 3 rings (SSSR count). The number of carbonyl (C=O) groups is 1. The van der Waals surface area contributed by atoms with Crippen LogP contribution >= 0.6 is 11.3 Å². The minimum atomic E-state index is -0.0475. The van der Waals surface area contributed by atoms with Crippen molar-refractivity contribution in [2.45, 2.75) is 45.7 Å². The van der Waals surface area contributed by atoms with Gasteiger partial charge >= 0.3 is 0 Å². The van der Waals surface area contributed by atoms with Crippen molar-refractivity contribution in [3.05, 3.63) is 51.7 Å².